The molecule has 0 saturated heterocycles. The first-order valence-electron chi connectivity index (χ1n) is 9.33. The number of benzene rings is 2. The Morgan fingerprint density at radius 2 is 1.71 bits per heavy atom. The fourth-order valence-electron chi connectivity index (χ4n) is 2.96. The van der Waals surface area contributed by atoms with Crippen molar-refractivity contribution in [2.45, 2.75) is 11.8 Å². The Morgan fingerprint density at radius 3 is 2.42 bits per heavy atom. The van der Waals surface area contributed by atoms with Crippen molar-refractivity contribution in [1.82, 2.24) is 19.7 Å². The molecule has 2 heterocycles. The van der Waals surface area contributed by atoms with E-state index in [2.05, 4.69) is 25.1 Å². The van der Waals surface area contributed by atoms with Gasteiger partial charge in [0.2, 0.25) is 0 Å². The minimum absolute atomic E-state index is 0.0716. The van der Waals surface area contributed by atoms with Crippen molar-refractivity contribution in [2.75, 3.05) is 17.1 Å². The summed E-state index contributed by atoms with van der Waals surface area (Å²) < 4.78 is 34.8. The molecule has 0 amide bonds. The van der Waals surface area contributed by atoms with E-state index >= 15 is 0 Å². The van der Waals surface area contributed by atoms with Crippen molar-refractivity contribution in [3.8, 4) is 11.6 Å². The molecule has 0 spiro atoms. The number of hydrogen-bond acceptors (Lipinski definition) is 7. The number of ether oxygens (including phenoxy) is 1. The highest BCUT2D eigenvalue weighted by Gasteiger charge is 2.19. The lowest BCUT2D eigenvalue weighted by molar-refractivity contribution is 0.403. The number of hydrogen-bond donors (Lipinski definition) is 2. The molecule has 0 saturated carbocycles. The van der Waals surface area contributed by atoms with E-state index in [1.807, 2.05) is 6.07 Å². The van der Waals surface area contributed by atoms with Crippen LogP contribution < -0.4 is 14.8 Å². The third-order valence-corrected chi connectivity index (χ3v) is 5.75. The number of nitrogens with one attached hydrogen (secondary N) is 2. The van der Waals surface area contributed by atoms with Crippen molar-refractivity contribution < 1.29 is 13.2 Å². The van der Waals surface area contributed by atoms with Gasteiger partial charge in [0.05, 0.1) is 7.11 Å². The summed E-state index contributed by atoms with van der Waals surface area (Å²) >= 11 is 0. The molecule has 0 aliphatic heterocycles. The van der Waals surface area contributed by atoms with Crippen molar-refractivity contribution in [2.24, 2.45) is 0 Å². The maximum atomic E-state index is 12.7. The second-order valence-corrected chi connectivity index (χ2v) is 8.22. The topological polar surface area (TPSA) is 111 Å². The Labute approximate surface area is 179 Å². The number of sulfonamides is 1. The maximum Gasteiger partial charge on any atom is 0.265 e. The van der Waals surface area contributed by atoms with E-state index in [1.54, 1.807) is 72.5 Å². The van der Waals surface area contributed by atoms with E-state index in [9.17, 15) is 8.42 Å². The summed E-state index contributed by atoms with van der Waals surface area (Å²) in [5.74, 6) is 2.11. The number of nitrogens with zero attached hydrogens (tertiary/aromatic N) is 4. The fraction of sp³-hybridized carbons (Fsp3) is 0.0952. The Kier molecular flexibility index (Phi) is 5.54. The highest BCUT2D eigenvalue weighted by Crippen LogP contribution is 2.26. The van der Waals surface area contributed by atoms with Crippen LogP contribution in [0.5, 0.6) is 5.75 Å². The van der Waals surface area contributed by atoms with Crippen LogP contribution in [0, 0.1) is 6.92 Å². The van der Waals surface area contributed by atoms with E-state index < -0.39 is 10.0 Å². The average molecular weight is 436 g/mol. The number of aryl methyl sites for hydroxylation is 1. The van der Waals surface area contributed by atoms with Crippen molar-refractivity contribution in [3.63, 3.8) is 0 Å². The lowest BCUT2D eigenvalue weighted by Crippen LogP contribution is -2.14. The molecule has 0 atom stereocenters. The second kappa shape index (κ2) is 8.44. The molecule has 2 aromatic carbocycles. The Bertz CT molecular complexity index is 1290. The molecular weight excluding hydrogens is 416 g/mol. The van der Waals surface area contributed by atoms with Crippen LogP contribution in [0.25, 0.3) is 5.82 Å². The molecular formula is C21H20N6O3S. The average Bonchev–Trinajstić information content (AvgIpc) is 3.30. The zero-order valence-electron chi connectivity index (χ0n) is 16.9. The molecule has 4 aromatic rings. The van der Waals surface area contributed by atoms with Gasteiger partial charge in [0.1, 0.15) is 22.3 Å². The quantitative estimate of drug-likeness (QED) is 0.456. The van der Waals surface area contributed by atoms with Gasteiger partial charge in [-0.2, -0.15) is 5.10 Å². The molecule has 0 aliphatic carbocycles. The zero-order valence-corrected chi connectivity index (χ0v) is 17.7. The lowest BCUT2D eigenvalue weighted by Gasteiger charge is -2.12. The van der Waals surface area contributed by atoms with Crippen LogP contribution in [0.4, 0.5) is 17.2 Å². The molecule has 10 heteroatoms. The van der Waals surface area contributed by atoms with Crippen LogP contribution in [-0.2, 0) is 10.0 Å². The van der Waals surface area contributed by atoms with Crippen LogP contribution in [-0.4, -0.2) is 35.3 Å². The highest BCUT2D eigenvalue weighted by atomic mass is 32.2. The standard InChI is InChI=1S/C21H20N6O3S/c1-15-23-20(14-21(24-15)27-13-5-12-22-27)25-16-8-10-17(11-9-16)26-31(28,29)19-7-4-3-6-18(19)30-2/h3-14,26H,1-2H3,(H,23,24,25). The molecule has 31 heavy (non-hydrogen) atoms. The van der Waals surface area contributed by atoms with Crippen LogP contribution in [0.15, 0.2) is 78.0 Å². The Balaban J connectivity index is 1.52. The first kappa shape index (κ1) is 20.4. The second-order valence-electron chi connectivity index (χ2n) is 6.57. The highest BCUT2D eigenvalue weighted by molar-refractivity contribution is 7.92. The molecule has 0 bridgehead atoms. The summed E-state index contributed by atoms with van der Waals surface area (Å²) in [5.41, 5.74) is 1.16. The van der Waals surface area contributed by atoms with E-state index in [-0.39, 0.29) is 10.6 Å². The summed E-state index contributed by atoms with van der Waals surface area (Å²) in [4.78, 5) is 8.84. The third kappa shape index (κ3) is 4.64. The van der Waals surface area contributed by atoms with Crippen LogP contribution in [0.3, 0.4) is 0 Å². The Hall–Kier alpha value is -3.92. The van der Waals surface area contributed by atoms with Gasteiger partial charge in [0, 0.05) is 29.8 Å². The minimum atomic E-state index is -3.79. The number of para-hydroxylation sites is 1. The monoisotopic (exact) mass is 436 g/mol. The first-order valence-corrected chi connectivity index (χ1v) is 10.8. The summed E-state index contributed by atoms with van der Waals surface area (Å²) in [5, 5.41) is 7.38. The van der Waals surface area contributed by atoms with Crippen LogP contribution >= 0.6 is 0 Å². The predicted molar refractivity (Wildman–Crippen MR) is 117 cm³/mol. The summed E-state index contributed by atoms with van der Waals surface area (Å²) in [7, 11) is -2.36. The van der Waals surface area contributed by atoms with Crippen molar-refractivity contribution in [1.29, 1.82) is 0 Å². The molecule has 0 fully saturated rings. The molecule has 0 aliphatic rings. The maximum absolute atomic E-state index is 12.7. The van der Waals surface area contributed by atoms with Gasteiger partial charge in [-0.1, -0.05) is 12.1 Å². The SMILES string of the molecule is COc1ccccc1S(=O)(=O)Nc1ccc(Nc2cc(-n3cccn3)nc(C)n2)cc1. The normalized spacial score (nSPS) is 11.2. The van der Waals surface area contributed by atoms with Gasteiger partial charge in [0.25, 0.3) is 10.0 Å². The summed E-state index contributed by atoms with van der Waals surface area (Å²) in [6, 6.07) is 16.9. The van der Waals surface area contributed by atoms with Crippen LogP contribution in [0.1, 0.15) is 5.82 Å². The number of aromatic nitrogens is 4. The van der Waals surface area contributed by atoms with Crippen LogP contribution in [0.2, 0.25) is 0 Å². The smallest absolute Gasteiger partial charge is 0.265 e. The molecule has 158 valence electrons. The van der Waals surface area contributed by atoms with E-state index in [0.29, 0.717) is 23.1 Å². The summed E-state index contributed by atoms with van der Waals surface area (Å²) in [6.07, 6.45) is 3.48. The molecule has 0 unspecified atom stereocenters. The third-order valence-electron chi connectivity index (χ3n) is 4.33. The van der Waals surface area contributed by atoms with Gasteiger partial charge in [-0.25, -0.2) is 23.1 Å². The number of anilines is 3. The van der Waals surface area contributed by atoms with Gasteiger partial charge >= 0.3 is 0 Å². The van der Waals surface area contributed by atoms with Gasteiger partial charge in [0.15, 0.2) is 5.82 Å². The minimum Gasteiger partial charge on any atom is -0.495 e. The van der Waals surface area contributed by atoms with Gasteiger partial charge < -0.3 is 10.1 Å². The fourth-order valence-corrected chi connectivity index (χ4v) is 4.19. The molecule has 0 radical (unpaired) electrons. The van der Waals surface area contributed by atoms with Crippen molar-refractivity contribution in [3.05, 3.63) is 78.9 Å². The molecule has 2 N–H and O–H groups in total. The van der Waals surface area contributed by atoms with E-state index in [0.717, 1.165) is 5.69 Å². The number of rotatable bonds is 7. The van der Waals surface area contributed by atoms with E-state index in [4.69, 9.17) is 4.74 Å². The zero-order chi connectivity index (χ0) is 21.8. The Morgan fingerprint density at radius 1 is 0.968 bits per heavy atom. The number of methoxy groups -OCH3 is 1. The molecule has 4 rings (SSSR count). The first-order chi connectivity index (χ1) is 14.9. The van der Waals surface area contributed by atoms with Gasteiger partial charge in [-0.15, -0.1) is 0 Å². The summed E-state index contributed by atoms with van der Waals surface area (Å²) in [6.45, 7) is 1.80. The largest absolute Gasteiger partial charge is 0.495 e. The lowest BCUT2D eigenvalue weighted by atomic mass is 10.3. The van der Waals surface area contributed by atoms with Crippen molar-refractivity contribution >= 4 is 27.2 Å². The van der Waals surface area contributed by atoms with E-state index in [1.165, 1.54) is 13.2 Å². The molecule has 9 nitrogen and oxygen atoms in total. The predicted octanol–water partition coefficient (Wildman–Crippen LogP) is 3.52. The molecule has 2 aromatic heterocycles. The van der Waals surface area contributed by atoms with Gasteiger partial charge in [-0.05, 0) is 49.4 Å². The van der Waals surface area contributed by atoms with Gasteiger partial charge in [-0.3, -0.25) is 4.72 Å².